The van der Waals surface area contributed by atoms with Crippen molar-refractivity contribution in [3.05, 3.63) is 0 Å². The van der Waals surface area contributed by atoms with E-state index in [1.807, 2.05) is 5.32 Å². The van der Waals surface area contributed by atoms with E-state index in [0.29, 0.717) is 0 Å². The Kier molecular flexibility index (Phi) is 12.9. The lowest BCUT2D eigenvalue weighted by molar-refractivity contribution is -0.144. The summed E-state index contributed by atoms with van der Waals surface area (Å²) in [7, 11) is 0. The Labute approximate surface area is 188 Å². The van der Waals surface area contributed by atoms with Gasteiger partial charge in [-0.2, -0.15) is 12.6 Å². The van der Waals surface area contributed by atoms with Crippen LogP contribution < -0.4 is 21.7 Å². The van der Waals surface area contributed by atoms with Gasteiger partial charge in [-0.25, -0.2) is 4.79 Å². The number of aliphatic carboxylic acids is 3. The SMILES string of the molecule is CC(O)C(NC(=O)C(CS)NC(=O)C(N)CCC(=O)O)C(=O)NC(CCC(=O)O)C(=O)O. The lowest BCUT2D eigenvalue weighted by Gasteiger charge is -2.26. The number of thiol groups is 1. The Bertz CT molecular complexity index is 717. The van der Waals surface area contributed by atoms with Crippen LogP contribution in [0.25, 0.3) is 0 Å². The predicted molar refractivity (Wildman–Crippen MR) is 111 cm³/mol. The maximum atomic E-state index is 12.5. The minimum atomic E-state index is -1.63. The molecule has 0 aliphatic carbocycles. The van der Waals surface area contributed by atoms with E-state index in [4.69, 9.17) is 21.1 Å². The molecule has 0 radical (unpaired) electrons. The molecule has 0 spiro atoms. The number of rotatable bonds is 15. The maximum Gasteiger partial charge on any atom is 0.326 e. The molecule has 15 heteroatoms. The van der Waals surface area contributed by atoms with E-state index in [2.05, 4.69) is 23.3 Å². The third-order valence-electron chi connectivity index (χ3n) is 4.15. The molecule has 5 atom stereocenters. The fraction of sp³-hybridized carbons (Fsp3) is 0.647. The standard InChI is InChI=1S/C17H28N4O10S/c1-7(22)13(16(29)19-9(17(30)31)3-5-12(25)26)21-15(28)10(6-32)20-14(27)8(18)2-4-11(23)24/h7-10,13,22,32H,2-6,18H2,1H3,(H,19,29)(H,20,27)(H,21,28)(H,23,24)(H,25,26)(H,30,31). The van der Waals surface area contributed by atoms with Crippen LogP contribution in [0.5, 0.6) is 0 Å². The van der Waals surface area contributed by atoms with Crippen LogP contribution in [-0.2, 0) is 28.8 Å². The molecule has 0 heterocycles. The molecule has 3 amide bonds. The minimum Gasteiger partial charge on any atom is -0.481 e. The second-order valence-electron chi connectivity index (χ2n) is 6.84. The van der Waals surface area contributed by atoms with E-state index in [-0.39, 0.29) is 18.6 Å². The molecule has 0 saturated heterocycles. The number of aliphatic hydroxyl groups is 1. The van der Waals surface area contributed by atoms with Crippen molar-refractivity contribution >= 4 is 48.3 Å². The Morgan fingerprint density at radius 1 is 0.812 bits per heavy atom. The van der Waals surface area contributed by atoms with Gasteiger partial charge in [-0.15, -0.1) is 0 Å². The zero-order valence-corrected chi connectivity index (χ0v) is 18.1. The molecule has 9 N–H and O–H groups in total. The summed E-state index contributed by atoms with van der Waals surface area (Å²) in [6, 6.07) is -5.74. The van der Waals surface area contributed by atoms with E-state index < -0.39 is 78.7 Å². The first-order valence-electron chi connectivity index (χ1n) is 9.42. The molecule has 0 fully saturated rings. The quantitative estimate of drug-likeness (QED) is 0.106. The van der Waals surface area contributed by atoms with Gasteiger partial charge in [-0.1, -0.05) is 0 Å². The van der Waals surface area contributed by atoms with Gasteiger partial charge >= 0.3 is 17.9 Å². The van der Waals surface area contributed by atoms with Crippen molar-refractivity contribution < 1.29 is 49.2 Å². The van der Waals surface area contributed by atoms with Crippen LogP contribution in [0.15, 0.2) is 0 Å². The number of nitrogens with one attached hydrogen (secondary N) is 3. The van der Waals surface area contributed by atoms with E-state index in [9.17, 15) is 33.9 Å². The van der Waals surface area contributed by atoms with Crippen molar-refractivity contribution in [1.82, 2.24) is 16.0 Å². The van der Waals surface area contributed by atoms with Crippen LogP contribution in [0.4, 0.5) is 0 Å². The van der Waals surface area contributed by atoms with Gasteiger partial charge in [0.15, 0.2) is 0 Å². The molecule has 0 aromatic carbocycles. The normalized spacial score (nSPS) is 15.4. The molecule has 0 rings (SSSR count). The molecule has 182 valence electrons. The lowest BCUT2D eigenvalue weighted by Crippen LogP contribution is -2.60. The summed E-state index contributed by atoms with van der Waals surface area (Å²) in [5.74, 6) is -7.06. The molecule has 0 saturated carbocycles. The number of hydrogen-bond acceptors (Lipinski definition) is 9. The number of carbonyl (C=O) groups excluding carboxylic acids is 3. The number of nitrogens with two attached hydrogens (primary N) is 1. The number of hydrogen-bond donors (Lipinski definition) is 9. The van der Waals surface area contributed by atoms with Gasteiger partial charge in [-0.3, -0.25) is 24.0 Å². The summed E-state index contributed by atoms with van der Waals surface area (Å²) in [6.07, 6.45) is -3.02. The molecule has 0 aliphatic rings. The molecule has 0 aromatic rings. The fourth-order valence-electron chi connectivity index (χ4n) is 2.33. The Balaban J connectivity index is 5.15. The summed E-state index contributed by atoms with van der Waals surface area (Å²) < 4.78 is 0. The average molecular weight is 480 g/mol. The number of aliphatic hydroxyl groups excluding tert-OH is 1. The monoisotopic (exact) mass is 480 g/mol. The second kappa shape index (κ2) is 14.2. The molecular formula is C17H28N4O10S. The zero-order valence-electron chi connectivity index (χ0n) is 17.2. The van der Waals surface area contributed by atoms with Gasteiger partial charge in [0.05, 0.1) is 12.1 Å². The van der Waals surface area contributed by atoms with E-state index in [1.165, 1.54) is 0 Å². The van der Waals surface area contributed by atoms with E-state index in [1.54, 1.807) is 0 Å². The third kappa shape index (κ3) is 10.9. The summed E-state index contributed by atoms with van der Waals surface area (Å²) in [5.41, 5.74) is 5.57. The smallest absolute Gasteiger partial charge is 0.326 e. The van der Waals surface area contributed by atoms with E-state index >= 15 is 0 Å². The second-order valence-corrected chi connectivity index (χ2v) is 7.21. The Morgan fingerprint density at radius 3 is 1.75 bits per heavy atom. The molecule has 32 heavy (non-hydrogen) atoms. The van der Waals surface area contributed by atoms with Gasteiger partial charge in [0.1, 0.15) is 18.1 Å². The number of amides is 3. The largest absolute Gasteiger partial charge is 0.481 e. The number of carboxylic acid groups (broad SMARTS) is 3. The first kappa shape index (κ1) is 29.1. The highest BCUT2D eigenvalue weighted by Crippen LogP contribution is 2.03. The van der Waals surface area contributed by atoms with Crippen molar-refractivity contribution in [2.75, 3.05) is 5.75 Å². The van der Waals surface area contributed by atoms with E-state index in [0.717, 1.165) is 6.92 Å². The van der Waals surface area contributed by atoms with Crippen LogP contribution in [0.3, 0.4) is 0 Å². The van der Waals surface area contributed by atoms with Crippen molar-refractivity contribution in [3.63, 3.8) is 0 Å². The van der Waals surface area contributed by atoms with Crippen LogP contribution in [-0.4, -0.2) is 92.1 Å². The predicted octanol–water partition coefficient (Wildman–Crippen LogP) is -3.11. The molecule has 0 bridgehead atoms. The van der Waals surface area contributed by atoms with Crippen molar-refractivity contribution in [3.8, 4) is 0 Å². The first-order valence-corrected chi connectivity index (χ1v) is 10.0. The van der Waals surface area contributed by atoms with Gasteiger partial charge in [0, 0.05) is 18.6 Å². The topological polar surface area (TPSA) is 245 Å². The van der Waals surface area contributed by atoms with Crippen molar-refractivity contribution in [1.29, 1.82) is 0 Å². The van der Waals surface area contributed by atoms with Crippen LogP contribution in [0, 0.1) is 0 Å². The lowest BCUT2D eigenvalue weighted by atomic mass is 10.1. The summed E-state index contributed by atoms with van der Waals surface area (Å²) in [4.78, 5) is 69.3. The zero-order chi connectivity index (χ0) is 25.0. The maximum absolute atomic E-state index is 12.5. The number of carbonyl (C=O) groups is 6. The molecule has 0 aliphatic heterocycles. The molecule has 0 aromatic heterocycles. The first-order chi connectivity index (χ1) is 14.8. The van der Waals surface area contributed by atoms with Crippen molar-refractivity contribution in [2.45, 2.75) is 62.9 Å². The van der Waals surface area contributed by atoms with Crippen LogP contribution in [0.2, 0.25) is 0 Å². The fourth-order valence-corrected chi connectivity index (χ4v) is 2.59. The Morgan fingerprint density at radius 2 is 1.31 bits per heavy atom. The van der Waals surface area contributed by atoms with Gasteiger partial charge in [-0.05, 0) is 19.8 Å². The Hall–Kier alpha value is -2.91. The molecule has 14 nitrogen and oxygen atoms in total. The average Bonchev–Trinajstić information content (AvgIpc) is 2.69. The van der Waals surface area contributed by atoms with Gasteiger partial charge in [0.2, 0.25) is 17.7 Å². The highest BCUT2D eigenvalue weighted by atomic mass is 32.1. The third-order valence-corrected chi connectivity index (χ3v) is 4.51. The summed E-state index contributed by atoms with van der Waals surface area (Å²) >= 11 is 3.93. The highest BCUT2D eigenvalue weighted by Gasteiger charge is 2.32. The molecule has 5 unspecified atom stereocenters. The van der Waals surface area contributed by atoms with Gasteiger partial charge in [0.25, 0.3) is 0 Å². The highest BCUT2D eigenvalue weighted by molar-refractivity contribution is 7.80. The summed E-state index contributed by atoms with van der Waals surface area (Å²) in [6.45, 7) is 1.15. The van der Waals surface area contributed by atoms with Crippen LogP contribution >= 0.6 is 12.6 Å². The van der Waals surface area contributed by atoms with Crippen molar-refractivity contribution in [2.24, 2.45) is 5.73 Å². The van der Waals surface area contributed by atoms with Crippen LogP contribution in [0.1, 0.15) is 32.6 Å². The summed E-state index contributed by atoms with van der Waals surface area (Å²) in [5, 5.41) is 42.7. The number of carboxylic acids is 3. The minimum absolute atomic E-state index is 0.187. The van der Waals surface area contributed by atoms with Gasteiger partial charge < -0.3 is 42.1 Å². The molecular weight excluding hydrogens is 452 g/mol.